The molecule has 0 N–H and O–H groups in total. The molecular weight excluding hydrogens is 258 g/mol. The Morgan fingerprint density at radius 3 is 2.50 bits per heavy atom. The van der Waals surface area contributed by atoms with E-state index in [9.17, 15) is 9.59 Å². The largest absolute Gasteiger partial charge is 0.487 e. The summed E-state index contributed by atoms with van der Waals surface area (Å²) in [7, 11) is 1.63. The summed E-state index contributed by atoms with van der Waals surface area (Å²) in [6.07, 6.45) is 5.10. The molecule has 0 bridgehead atoms. The topological polar surface area (TPSA) is 57.5 Å². The molecule has 0 spiro atoms. The second-order valence-corrected chi connectivity index (χ2v) is 4.67. The van der Waals surface area contributed by atoms with Gasteiger partial charge in [0.2, 0.25) is 0 Å². The summed E-state index contributed by atoms with van der Waals surface area (Å²) >= 11 is 0. The van der Waals surface area contributed by atoms with E-state index in [2.05, 4.69) is 0 Å². The first kappa shape index (κ1) is 16.3. The van der Waals surface area contributed by atoms with Crippen LogP contribution in [0.1, 0.15) is 49.9 Å². The first-order valence-corrected chi connectivity index (χ1v) is 7.11. The number of aryl methyl sites for hydroxylation is 1. The van der Waals surface area contributed by atoms with E-state index >= 15 is 0 Å². The van der Waals surface area contributed by atoms with Gasteiger partial charge < -0.3 is 14.0 Å². The molecule has 0 unspecified atom stereocenters. The average Bonchev–Trinajstić information content (AvgIpc) is 2.44. The van der Waals surface area contributed by atoms with Crippen LogP contribution in [-0.4, -0.2) is 23.8 Å². The number of carbonyl (C=O) groups excluding carboxylic acids is 1. The monoisotopic (exact) mass is 281 g/mol. The van der Waals surface area contributed by atoms with E-state index in [1.165, 1.54) is 4.57 Å². The smallest absolute Gasteiger partial charge is 0.342 e. The van der Waals surface area contributed by atoms with Gasteiger partial charge in [-0.3, -0.25) is 4.79 Å². The Morgan fingerprint density at radius 2 is 1.85 bits per heavy atom. The lowest BCUT2D eigenvalue weighted by Gasteiger charge is -2.11. The third-order valence-corrected chi connectivity index (χ3v) is 2.92. The van der Waals surface area contributed by atoms with Crippen molar-refractivity contribution < 1.29 is 14.3 Å². The van der Waals surface area contributed by atoms with Gasteiger partial charge in [-0.1, -0.05) is 26.7 Å². The number of unbranched alkanes of at least 4 members (excludes halogenated alkanes) is 2. The lowest BCUT2D eigenvalue weighted by atomic mass is 10.2. The normalized spacial score (nSPS) is 10.3. The van der Waals surface area contributed by atoms with Crippen molar-refractivity contribution in [1.29, 1.82) is 0 Å². The molecule has 1 aromatic rings. The number of rotatable bonds is 8. The number of hydrogen-bond donors (Lipinski definition) is 0. The lowest BCUT2D eigenvalue weighted by molar-refractivity contribution is 0.0494. The molecule has 1 rings (SSSR count). The highest BCUT2D eigenvalue weighted by molar-refractivity contribution is 5.92. The number of hydrogen-bond acceptors (Lipinski definition) is 4. The van der Waals surface area contributed by atoms with E-state index in [-0.39, 0.29) is 16.9 Å². The van der Waals surface area contributed by atoms with Crippen molar-refractivity contribution in [3.8, 4) is 5.75 Å². The summed E-state index contributed by atoms with van der Waals surface area (Å²) < 4.78 is 12.0. The summed E-state index contributed by atoms with van der Waals surface area (Å²) in [6, 6.07) is 1.57. The van der Waals surface area contributed by atoms with Crippen LogP contribution < -0.4 is 10.3 Å². The van der Waals surface area contributed by atoms with Crippen molar-refractivity contribution >= 4 is 5.97 Å². The summed E-state index contributed by atoms with van der Waals surface area (Å²) in [4.78, 5) is 24.0. The Bertz CT molecular complexity index is 493. The zero-order chi connectivity index (χ0) is 15.0. The third-order valence-electron chi connectivity index (χ3n) is 2.92. The summed E-state index contributed by atoms with van der Waals surface area (Å²) in [6.45, 7) is 4.84. The molecule has 0 radical (unpaired) electrons. The number of ether oxygens (including phenoxy) is 2. The van der Waals surface area contributed by atoms with Gasteiger partial charge in [0.1, 0.15) is 5.56 Å². The maximum atomic E-state index is 12.0. The standard InChI is InChI=1S/C15H23NO4/c1-4-6-10-19-13-12(8-9-16(3)14(13)17)15(18)20-11-7-5-2/h8-9H,4-7,10-11H2,1-3H3. The van der Waals surface area contributed by atoms with Gasteiger partial charge in [-0.15, -0.1) is 0 Å². The lowest BCUT2D eigenvalue weighted by Crippen LogP contribution is -2.23. The van der Waals surface area contributed by atoms with Crippen LogP contribution in [0.4, 0.5) is 0 Å². The molecule has 0 atom stereocenters. The van der Waals surface area contributed by atoms with E-state index in [1.54, 1.807) is 19.3 Å². The van der Waals surface area contributed by atoms with E-state index in [1.807, 2.05) is 13.8 Å². The maximum Gasteiger partial charge on any atom is 0.342 e. The molecule has 0 amide bonds. The van der Waals surface area contributed by atoms with Gasteiger partial charge in [0.15, 0.2) is 5.75 Å². The Kier molecular flexibility index (Phi) is 6.84. The van der Waals surface area contributed by atoms with Crippen LogP contribution in [0.5, 0.6) is 5.75 Å². The Hall–Kier alpha value is -1.78. The summed E-state index contributed by atoms with van der Waals surface area (Å²) in [5, 5.41) is 0. The van der Waals surface area contributed by atoms with Crippen molar-refractivity contribution in [3.05, 3.63) is 28.2 Å². The fourth-order valence-corrected chi connectivity index (χ4v) is 1.61. The Morgan fingerprint density at radius 1 is 1.20 bits per heavy atom. The molecule has 0 aliphatic heterocycles. The predicted octanol–water partition coefficient (Wildman–Crippen LogP) is 2.52. The van der Waals surface area contributed by atoms with Crippen LogP contribution in [0.25, 0.3) is 0 Å². The third kappa shape index (κ3) is 4.40. The molecule has 112 valence electrons. The van der Waals surface area contributed by atoms with E-state index in [4.69, 9.17) is 9.47 Å². The van der Waals surface area contributed by atoms with Crippen LogP contribution in [0.15, 0.2) is 17.1 Å². The number of esters is 1. The highest BCUT2D eigenvalue weighted by Gasteiger charge is 2.18. The quantitative estimate of drug-likeness (QED) is 0.542. The van der Waals surface area contributed by atoms with E-state index in [0.29, 0.717) is 13.2 Å². The molecule has 5 nitrogen and oxygen atoms in total. The number of nitrogens with zero attached hydrogens (tertiary/aromatic N) is 1. The fourth-order valence-electron chi connectivity index (χ4n) is 1.61. The number of pyridine rings is 1. The molecule has 20 heavy (non-hydrogen) atoms. The number of aromatic nitrogens is 1. The molecule has 1 aromatic heterocycles. The molecular formula is C15H23NO4. The Labute approximate surface area is 119 Å². The van der Waals surface area contributed by atoms with Gasteiger partial charge in [-0.25, -0.2) is 4.79 Å². The first-order chi connectivity index (χ1) is 9.61. The minimum absolute atomic E-state index is 0.0879. The maximum absolute atomic E-state index is 12.0. The molecule has 0 aromatic carbocycles. The zero-order valence-corrected chi connectivity index (χ0v) is 12.5. The van der Waals surface area contributed by atoms with Gasteiger partial charge in [0.05, 0.1) is 13.2 Å². The van der Waals surface area contributed by atoms with Crippen molar-refractivity contribution in [2.45, 2.75) is 39.5 Å². The summed E-state index contributed by atoms with van der Waals surface area (Å²) in [5.41, 5.74) is -0.105. The van der Waals surface area contributed by atoms with Crippen molar-refractivity contribution in [2.24, 2.45) is 7.05 Å². The average molecular weight is 281 g/mol. The van der Waals surface area contributed by atoms with E-state index < -0.39 is 5.97 Å². The van der Waals surface area contributed by atoms with Crippen molar-refractivity contribution in [2.75, 3.05) is 13.2 Å². The molecule has 0 saturated heterocycles. The van der Waals surface area contributed by atoms with Gasteiger partial charge in [-0.2, -0.15) is 0 Å². The molecule has 0 aliphatic carbocycles. The fraction of sp³-hybridized carbons (Fsp3) is 0.600. The van der Waals surface area contributed by atoms with Gasteiger partial charge in [0.25, 0.3) is 5.56 Å². The second-order valence-electron chi connectivity index (χ2n) is 4.67. The highest BCUT2D eigenvalue weighted by Crippen LogP contribution is 2.15. The second kappa shape index (κ2) is 8.40. The minimum atomic E-state index is -0.498. The zero-order valence-electron chi connectivity index (χ0n) is 12.5. The summed E-state index contributed by atoms with van der Waals surface area (Å²) in [5.74, 6) is -0.410. The van der Waals surface area contributed by atoms with Crippen LogP contribution >= 0.6 is 0 Å². The minimum Gasteiger partial charge on any atom is -0.487 e. The van der Waals surface area contributed by atoms with Crippen LogP contribution in [0.3, 0.4) is 0 Å². The van der Waals surface area contributed by atoms with Crippen molar-refractivity contribution in [1.82, 2.24) is 4.57 Å². The molecule has 0 fully saturated rings. The number of carbonyl (C=O) groups is 1. The van der Waals surface area contributed by atoms with E-state index in [0.717, 1.165) is 25.7 Å². The SMILES string of the molecule is CCCCOC(=O)c1ccn(C)c(=O)c1OCCCC. The van der Waals surface area contributed by atoms with Gasteiger partial charge in [0, 0.05) is 13.2 Å². The van der Waals surface area contributed by atoms with Crippen molar-refractivity contribution in [3.63, 3.8) is 0 Å². The molecule has 1 heterocycles. The van der Waals surface area contributed by atoms with Crippen LogP contribution in [-0.2, 0) is 11.8 Å². The van der Waals surface area contributed by atoms with Crippen LogP contribution in [0, 0.1) is 0 Å². The molecule has 0 aliphatic rings. The van der Waals surface area contributed by atoms with Gasteiger partial charge in [-0.05, 0) is 18.9 Å². The van der Waals surface area contributed by atoms with Gasteiger partial charge >= 0.3 is 5.97 Å². The van der Waals surface area contributed by atoms with Crippen LogP contribution in [0.2, 0.25) is 0 Å². The molecule has 5 heteroatoms. The first-order valence-electron chi connectivity index (χ1n) is 7.11. The Balaban J connectivity index is 2.90. The highest BCUT2D eigenvalue weighted by atomic mass is 16.5. The predicted molar refractivity (Wildman–Crippen MR) is 77.3 cm³/mol. The molecule has 0 saturated carbocycles.